The van der Waals surface area contributed by atoms with Crippen LogP contribution in [0.3, 0.4) is 0 Å². The van der Waals surface area contributed by atoms with Gasteiger partial charge in [-0.1, -0.05) is 0 Å². The van der Waals surface area contributed by atoms with Crippen molar-refractivity contribution in [2.75, 3.05) is 17.2 Å². The van der Waals surface area contributed by atoms with Gasteiger partial charge in [-0.25, -0.2) is 0 Å². The Kier molecular flexibility index (Phi) is 12.7. The molecule has 0 aromatic heterocycles. The number of nitrogens with two attached hydrogens (primary N) is 3. The summed E-state index contributed by atoms with van der Waals surface area (Å²) in [5, 5.41) is 18.0. The van der Waals surface area contributed by atoms with Crippen LogP contribution in [0.15, 0.2) is 54.6 Å². The van der Waals surface area contributed by atoms with Gasteiger partial charge >= 0.3 is 0 Å². The van der Waals surface area contributed by atoms with Crippen LogP contribution in [-0.4, -0.2) is 16.5 Å². The number of benzene rings is 3. The second-order valence-electron chi connectivity index (χ2n) is 6.34. The second kappa shape index (κ2) is 14.1. The summed E-state index contributed by atoms with van der Waals surface area (Å²) in [5.41, 5.74) is 20.6. The van der Waals surface area contributed by atoms with Crippen LogP contribution >= 0.6 is 67.8 Å². The van der Waals surface area contributed by atoms with Crippen LogP contribution in [-0.2, 0) is 6.61 Å². The van der Waals surface area contributed by atoms with Gasteiger partial charge in [0.15, 0.2) is 6.29 Å². The Morgan fingerprint density at radius 3 is 1.74 bits per heavy atom. The number of rotatable bonds is 3. The summed E-state index contributed by atoms with van der Waals surface area (Å²) in [4.78, 5) is 10.3. The molecule has 0 amide bonds. The Morgan fingerprint density at radius 1 is 0.839 bits per heavy atom. The molecule has 3 aromatic carbocycles. The molecule has 0 heterocycles. The van der Waals surface area contributed by atoms with Gasteiger partial charge in [-0.2, -0.15) is 0 Å². The van der Waals surface area contributed by atoms with Crippen LogP contribution in [0, 0.1) is 10.7 Å². The van der Waals surface area contributed by atoms with E-state index in [1.807, 2.05) is 36.4 Å². The fourth-order valence-corrected chi connectivity index (χ4v) is 3.85. The maximum atomic E-state index is 10.3. The average Bonchev–Trinajstić information content (AvgIpc) is 2.74. The second-order valence-corrected chi connectivity index (χ2v) is 10.1. The lowest BCUT2D eigenvalue weighted by Crippen LogP contribution is -1.98. The molecule has 9 heteroatoms. The number of aliphatic hydroxyl groups is 2. The van der Waals surface area contributed by atoms with Gasteiger partial charge in [-0.3, -0.25) is 4.79 Å². The molecule has 0 saturated carbocycles. The Morgan fingerprint density at radius 2 is 1.32 bits per heavy atom. The highest BCUT2D eigenvalue weighted by molar-refractivity contribution is 14.1. The number of aliphatic hydroxyl groups excluding tert-OH is 2. The highest BCUT2D eigenvalue weighted by atomic mass is 127. The lowest BCUT2D eigenvalue weighted by atomic mass is 10.1. The van der Waals surface area contributed by atoms with E-state index < -0.39 is 6.10 Å². The molecule has 1 unspecified atom stereocenters. The van der Waals surface area contributed by atoms with Gasteiger partial charge in [0, 0.05) is 44.5 Å². The quantitative estimate of drug-likeness (QED) is 0.145. The van der Waals surface area contributed by atoms with Crippen LogP contribution < -0.4 is 17.2 Å². The molecule has 0 aliphatic heterocycles. The SMILES string of the molecule is CC(O)c1cc(I)ccc1N.Nc1ccc(I)cc1C=O.Nc1ccc(I)cc1CO. The van der Waals surface area contributed by atoms with E-state index in [1.54, 1.807) is 25.1 Å². The molecule has 0 saturated heterocycles. The van der Waals surface area contributed by atoms with Crippen molar-refractivity contribution < 1.29 is 15.0 Å². The van der Waals surface area contributed by atoms with Gasteiger partial charge in [-0.15, -0.1) is 0 Å². The third-order valence-electron chi connectivity index (χ3n) is 3.95. The fraction of sp³-hybridized carbons (Fsp3) is 0.136. The van der Waals surface area contributed by atoms with Crippen molar-refractivity contribution in [1.82, 2.24) is 0 Å². The molecule has 1 atom stereocenters. The van der Waals surface area contributed by atoms with Gasteiger partial charge in [0.05, 0.1) is 12.7 Å². The number of aldehydes is 1. The van der Waals surface area contributed by atoms with E-state index >= 15 is 0 Å². The Labute approximate surface area is 223 Å². The highest BCUT2D eigenvalue weighted by Crippen LogP contribution is 2.22. The summed E-state index contributed by atoms with van der Waals surface area (Å²) in [6, 6.07) is 16.5. The average molecular weight is 759 g/mol. The van der Waals surface area contributed by atoms with Crippen molar-refractivity contribution in [2.45, 2.75) is 19.6 Å². The summed E-state index contributed by atoms with van der Waals surface area (Å²) in [5.74, 6) is 0. The van der Waals surface area contributed by atoms with E-state index in [1.165, 1.54) is 0 Å². The van der Waals surface area contributed by atoms with E-state index in [0.29, 0.717) is 22.6 Å². The van der Waals surface area contributed by atoms with E-state index in [4.69, 9.17) is 22.3 Å². The first-order valence-electron chi connectivity index (χ1n) is 8.97. The molecule has 31 heavy (non-hydrogen) atoms. The first-order valence-corrected chi connectivity index (χ1v) is 12.2. The molecule has 3 rings (SSSR count). The van der Waals surface area contributed by atoms with Crippen LogP contribution in [0.2, 0.25) is 0 Å². The van der Waals surface area contributed by atoms with Gasteiger partial charge in [0.1, 0.15) is 0 Å². The summed E-state index contributed by atoms with van der Waals surface area (Å²) in [7, 11) is 0. The number of anilines is 3. The normalized spacial score (nSPS) is 10.8. The molecule has 6 nitrogen and oxygen atoms in total. The first-order chi connectivity index (χ1) is 14.6. The molecule has 0 radical (unpaired) electrons. The molecule has 0 aliphatic rings. The molecular formula is C22H24I3N3O3. The molecule has 3 aromatic rings. The molecular weight excluding hydrogens is 735 g/mol. The third-order valence-corrected chi connectivity index (χ3v) is 5.96. The lowest BCUT2D eigenvalue weighted by molar-refractivity contribution is 0.112. The maximum Gasteiger partial charge on any atom is 0.152 e. The zero-order valence-electron chi connectivity index (χ0n) is 16.7. The summed E-state index contributed by atoms with van der Waals surface area (Å²) in [6.07, 6.45) is 0.280. The van der Waals surface area contributed by atoms with Gasteiger partial charge in [0.2, 0.25) is 0 Å². The molecule has 0 spiro atoms. The zero-order chi connectivity index (χ0) is 23.6. The minimum atomic E-state index is -0.482. The van der Waals surface area contributed by atoms with Gasteiger partial charge < -0.3 is 27.4 Å². The van der Waals surface area contributed by atoms with Crippen molar-refractivity contribution in [2.24, 2.45) is 0 Å². The van der Waals surface area contributed by atoms with Crippen molar-refractivity contribution in [1.29, 1.82) is 0 Å². The van der Waals surface area contributed by atoms with E-state index in [2.05, 4.69) is 67.8 Å². The van der Waals surface area contributed by atoms with Crippen LogP contribution in [0.25, 0.3) is 0 Å². The summed E-state index contributed by atoms with van der Waals surface area (Å²) in [6.45, 7) is 1.73. The Balaban J connectivity index is 0.000000233. The summed E-state index contributed by atoms with van der Waals surface area (Å²) < 4.78 is 3.21. The number of hydrogen-bond donors (Lipinski definition) is 5. The Bertz CT molecular complexity index is 1010. The number of hydrogen-bond acceptors (Lipinski definition) is 6. The molecule has 166 valence electrons. The standard InChI is InChI=1S/C8H10INO.C7H8INO.C7H6INO/c1-5(11)7-4-6(9)2-3-8(7)10;2*8-6-1-2-7(9)5(3-6)4-10/h2-5,11H,10H2,1H3;1-3,10H,4,9H2;1-4H,9H2. The van der Waals surface area contributed by atoms with Crippen molar-refractivity contribution in [3.63, 3.8) is 0 Å². The third kappa shape index (κ3) is 9.89. The summed E-state index contributed by atoms with van der Waals surface area (Å²) >= 11 is 6.50. The zero-order valence-corrected chi connectivity index (χ0v) is 23.2. The first kappa shape index (κ1) is 27.9. The monoisotopic (exact) mass is 759 g/mol. The number of nitrogen functional groups attached to an aromatic ring is 3. The van der Waals surface area contributed by atoms with E-state index in [9.17, 15) is 9.90 Å². The van der Waals surface area contributed by atoms with Crippen LogP contribution in [0.1, 0.15) is 34.5 Å². The van der Waals surface area contributed by atoms with Gasteiger partial charge in [-0.05, 0) is 129 Å². The Hall–Kier alpha value is -1.16. The minimum absolute atomic E-state index is 0.0165. The predicted molar refractivity (Wildman–Crippen MR) is 153 cm³/mol. The van der Waals surface area contributed by atoms with E-state index in [0.717, 1.165) is 28.1 Å². The smallest absolute Gasteiger partial charge is 0.152 e. The lowest BCUT2D eigenvalue weighted by Gasteiger charge is -2.07. The molecule has 0 fully saturated rings. The van der Waals surface area contributed by atoms with Crippen LogP contribution in [0.4, 0.5) is 17.1 Å². The van der Waals surface area contributed by atoms with Crippen molar-refractivity contribution in [3.05, 3.63) is 82.0 Å². The number of halogens is 3. The topological polar surface area (TPSA) is 136 Å². The number of carbonyl (C=O) groups is 1. The highest BCUT2D eigenvalue weighted by Gasteiger charge is 2.04. The predicted octanol–water partition coefficient (Wildman–Crippen LogP) is 4.98. The van der Waals surface area contributed by atoms with E-state index in [-0.39, 0.29) is 6.61 Å². The minimum Gasteiger partial charge on any atom is -0.398 e. The molecule has 0 bridgehead atoms. The van der Waals surface area contributed by atoms with Crippen molar-refractivity contribution >= 4 is 91.1 Å². The fourth-order valence-electron chi connectivity index (χ4n) is 2.27. The number of carbonyl (C=O) groups excluding carboxylic acids is 1. The molecule has 0 aliphatic carbocycles. The van der Waals surface area contributed by atoms with Crippen molar-refractivity contribution in [3.8, 4) is 0 Å². The van der Waals surface area contributed by atoms with Crippen LogP contribution in [0.5, 0.6) is 0 Å². The maximum absolute atomic E-state index is 10.3. The van der Waals surface area contributed by atoms with Gasteiger partial charge in [0.25, 0.3) is 0 Å². The largest absolute Gasteiger partial charge is 0.398 e. The molecule has 8 N–H and O–H groups in total.